The van der Waals surface area contributed by atoms with Crippen LogP contribution in [0.1, 0.15) is 30.0 Å². The van der Waals surface area contributed by atoms with E-state index in [1.807, 2.05) is 0 Å². The number of anilines is 11. The van der Waals surface area contributed by atoms with Crippen LogP contribution in [0, 0.1) is 26.7 Å². The van der Waals surface area contributed by atoms with E-state index in [9.17, 15) is 0 Å². The summed E-state index contributed by atoms with van der Waals surface area (Å²) in [6.07, 6.45) is 7.72. The van der Waals surface area contributed by atoms with E-state index < -0.39 is 0 Å². The quantitative estimate of drug-likeness (QED) is 0.122. The first-order chi connectivity index (χ1) is 30.4. The molecule has 304 valence electrons. The fraction of sp³-hybridized carbons (Fsp3) is 0.103. The van der Waals surface area contributed by atoms with Gasteiger partial charge in [0.05, 0.1) is 0 Å². The topological polar surface area (TPSA) is 13.0 Å². The number of hydrogen-bond acceptors (Lipinski definition) is 4. The van der Waals surface area contributed by atoms with Gasteiger partial charge in [-0.2, -0.15) is 0 Å². The molecule has 0 radical (unpaired) electrons. The molecule has 0 amide bonds. The van der Waals surface area contributed by atoms with Gasteiger partial charge in [0, 0.05) is 68.3 Å². The number of nitrogens with zero attached hydrogens (tertiary/aromatic N) is 4. The Balaban J connectivity index is 1.14. The highest BCUT2D eigenvalue weighted by atomic mass is 15.2. The molecule has 0 aromatic heterocycles. The van der Waals surface area contributed by atoms with Crippen LogP contribution < -0.4 is 19.6 Å². The summed E-state index contributed by atoms with van der Waals surface area (Å²) in [7, 11) is 0. The third-order valence-electron chi connectivity index (χ3n) is 11.5. The lowest BCUT2D eigenvalue weighted by atomic mass is 9.98. The van der Waals surface area contributed by atoms with E-state index in [1.165, 1.54) is 28.1 Å². The lowest BCUT2D eigenvalue weighted by molar-refractivity contribution is 0.696. The lowest BCUT2D eigenvalue weighted by Crippen LogP contribution is -2.19. The van der Waals surface area contributed by atoms with Crippen molar-refractivity contribution in [3.63, 3.8) is 0 Å². The smallest absolute Gasteiger partial charge is 0.0464 e. The van der Waals surface area contributed by atoms with Crippen LogP contribution in [0.25, 0.3) is 0 Å². The van der Waals surface area contributed by atoms with Gasteiger partial charge in [-0.25, -0.2) is 0 Å². The number of para-hydroxylation sites is 2. The second-order valence-electron chi connectivity index (χ2n) is 16.3. The largest absolute Gasteiger partial charge is 0.314 e. The Morgan fingerprint density at radius 3 is 0.952 bits per heavy atom. The molecule has 4 nitrogen and oxygen atoms in total. The van der Waals surface area contributed by atoms with Crippen molar-refractivity contribution < 1.29 is 0 Å². The zero-order valence-corrected chi connectivity index (χ0v) is 35.9. The summed E-state index contributed by atoms with van der Waals surface area (Å²) in [4.78, 5) is 9.42. The molecule has 1 atom stereocenters. The molecule has 62 heavy (non-hydrogen) atoms. The maximum Gasteiger partial charge on any atom is 0.0464 e. The Hall–Kier alpha value is -7.56. The Bertz CT molecular complexity index is 2680. The molecule has 4 heteroatoms. The van der Waals surface area contributed by atoms with E-state index in [0.717, 1.165) is 63.3 Å². The van der Waals surface area contributed by atoms with Crippen molar-refractivity contribution >= 4 is 62.6 Å². The molecule has 0 aliphatic heterocycles. The van der Waals surface area contributed by atoms with Crippen molar-refractivity contribution in [1.29, 1.82) is 0 Å². The number of rotatable bonds is 12. The number of allylic oxidation sites excluding steroid dienone is 4. The van der Waals surface area contributed by atoms with Gasteiger partial charge in [-0.1, -0.05) is 91.9 Å². The minimum Gasteiger partial charge on any atom is -0.314 e. The van der Waals surface area contributed by atoms with Gasteiger partial charge in [0.25, 0.3) is 0 Å². The molecule has 0 spiro atoms. The highest BCUT2D eigenvalue weighted by Crippen LogP contribution is 2.43. The first kappa shape index (κ1) is 39.9. The van der Waals surface area contributed by atoms with Crippen molar-refractivity contribution in [2.75, 3.05) is 19.6 Å². The first-order valence-corrected chi connectivity index (χ1v) is 21.6. The maximum atomic E-state index is 2.41. The molecule has 0 fully saturated rings. The minimum atomic E-state index is 0.468. The standard InChI is InChI=1S/C58H52N4/c1-43-15-11-23-55(39-43)60(47-19-7-5-8-20-47)52-33-27-49(28-34-52)59(50-29-35-53(36-30-50)61(48-21-9-6-10-22-48)56-24-12-16-44(2)40-56)51-31-37-54(38-32-51)62(57-25-13-17-45(3)41-57)58-26-14-18-46(4)42-58/h5-41,46H,42H2,1-4H3. The highest BCUT2D eigenvalue weighted by Gasteiger charge is 2.21. The highest BCUT2D eigenvalue weighted by molar-refractivity contribution is 5.84. The molecule has 1 aliphatic carbocycles. The average Bonchev–Trinajstić information content (AvgIpc) is 3.29. The van der Waals surface area contributed by atoms with E-state index in [1.54, 1.807) is 0 Å². The van der Waals surface area contributed by atoms with Crippen LogP contribution in [0.15, 0.2) is 230 Å². The van der Waals surface area contributed by atoms with Crippen molar-refractivity contribution in [1.82, 2.24) is 0 Å². The normalized spacial score (nSPS) is 13.3. The van der Waals surface area contributed by atoms with Crippen molar-refractivity contribution in [2.45, 2.75) is 34.1 Å². The van der Waals surface area contributed by atoms with Gasteiger partial charge in [-0.05, 0) is 189 Å². The van der Waals surface area contributed by atoms with Crippen LogP contribution in [0.5, 0.6) is 0 Å². The maximum absolute atomic E-state index is 2.41. The van der Waals surface area contributed by atoms with Crippen LogP contribution in [-0.2, 0) is 0 Å². The van der Waals surface area contributed by atoms with Gasteiger partial charge in [-0.3, -0.25) is 0 Å². The Morgan fingerprint density at radius 2 is 0.613 bits per heavy atom. The Labute approximate surface area is 367 Å². The van der Waals surface area contributed by atoms with Gasteiger partial charge < -0.3 is 19.6 Å². The predicted octanol–water partition coefficient (Wildman–Crippen LogP) is 16.6. The van der Waals surface area contributed by atoms with Crippen LogP contribution in [0.4, 0.5) is 62.6 Å². The first-order valence-electron chi connectivity index (χ1n) is 21.6. The van der Waals surface area contributed by atoms with Gasteiger partial charge in [0.1, 0.15) is 0 Å². The molecule has 8 aromatic rings. The van der Waals surface area contributed by atoms with E-state index in [4.69, 9.17) is 0 Å². The van der Waals surface area contributed by atoms with E-state index in [2.05, 4.69) is 272 Å². The second-order valence-corrected chi connectivity index (χ2v) is 16.3. The third-order valence-corrected chi connectivity index (χ3v) is 11.5. The summed E-state index contributed by atoms with van der Waals surface area (Å²) in [6, 6.07) is 74.4. The van der Waals surface area contributed by atoms with Gasteiger partial charge in [0.2, 0.25) is 0 Å². The molecule has 0 saturated carbocycles. The molecule has 0 bridgehead atoms. The average molecular weight is 805 g/mol. The summed E-state index contributed by atoms with van der Waals surface area (Å²) in [5.74, 6) is 0.468. The predicted molar refractivity (Wildman–Crippen MR) is 264 cm³/mol. The minimum absolute atomic E-state index is 0.468. The van der Waals surface area contributed by atoms with Crippen LogP contribution in [0.2, 0.25) is 0 Å². The zero-order valence-electron chi connectivity index (χ0n) is 35.9. The second kappa shape index (κ2) is 18.0. The fourth-order valence-corrected chi connectivity index (χ4v) is 8.52. The molecular formula is C58H52N4. The van der Waals surface area contributed by atoms with E-state index in [0.29, 0.717) is 5.92 Å². The van der Waals surface area contributed by atoms with Crippen LogP contribution >= 0.6 is 0 Å². The summed E-state index contributed by atoms with van der Waals surface area (Å²) < 4.78 is 0. The van der Waals surface area contributed by atoms with Crippen molar-refractivity contribution in [3.8, 4) is 0 Å². The molecule has 0 heterocycles. The van der Waals surface area contributed by atoms with Gasteiger partial charge in [-0.15, -0.1) is 0 Å². The fourth-order valence-electron chi connectivity index (χ4n) is 8.52. The Kier molecular flexibility index (Phi) is 11.6. The molecular weight excluding hydrogens is 753 g/mol. The monoisotopic (exact) mass is 804 g/mol. The summed E-state index contributed by atoms with van der Waals surface area (Å²) in [6.45, 7) is 8.74. The molecule has 0 N–H and O–H groups in total. The lowest BCUT2D eigenvalue weighted by Gasteiger charge is -2.32. The van der Waals surface area contributed by atoms with Gasteiger partial charge in [0.15, 0.2) is 0 Å². The summed E-state index contributed by atoms with van der Waals surface area (Å²) in [5, 5.41) is 0. The Morgan fingerprint density at radius 1 is 0.323 bits per heavy atom. The molecule has 0 saturated heterocycles. The van der Waals surface area contributed by atoms with Crippen LogP contribution in [0.3, 0.4) is 0 Å². The third kappa shape index (κ3) is 8.68. The molecule has 8 aromatic carbocycles. The SMILES string of the molecule is Cc1cccc(N(C2=CC=CC(C)C2)c2ccc(N(c3ccc(N(c4ccccc4)c4cccc(C)c4)cc3)c3ccc(N(c4ccccc4)c4cccc(C)c4)cc3)cc2)c1. The van der Waals surface area contributed by atoms with Crippen molar-refractivity contribution in [3.05, 3.63) is 247 Å². The zero-order chi connectivity index (χ0) is 42.4. The van der Waals surface area contributed by atoms with Gasteiger partial charge >= 0.3 is 0 Å². The molecule has 1 aliphatic rings. The summed E-state index contributed by atoms with van der Waals surface area (Å²) >= 11 is 0. The number of aryl methyl sites for hydroxylation is 3. The summed E-state index contributed by atoms with van der Waals surface area (Å²) in [5.41, 5.74) is 17.1. The molecule has 9 rings (SSSR count). The number of benzene rings is 8. The van der Waals surface area contributed by atoms with E-state index >= 15 is 0 Å². The van der Waals surface area contributed by atoms with Crippen LogP contribution in [-0.4, -0.2) is 0 Å². The molecule has 1 unspecified atom stereocenters. The number of hydrogen-bond donors (Lipinski definition) is 0. The van der Waals surface area contributed by atoms with Crippen molar-refractivity contribution in [2.24, 2.45) is 5.92 Å². The van der Waals surface area contributed by atoms with E-state index in [-0.39, 0.29) is 0 Å².